The molecule has 0 atom stereocenters. The summed E-state index contributed by atoms with van der Waals surface area (Å²) in [4.78, 5) is 8.93. The Kier molecular flexibility index (Phi) is 6.12. The largest absolute Gasteiger partial charge is 0.310 e. The van der Waals surface area contributed by atoms with E-state index >= 15 is 0 Å². The molecule has 0 N–H and O–H groups in total. The van der Waals surface area contributed by atoms with Gasteiger partial charge in [-0.25, -0.2) is 4.98 Å². The normalized spacial score (nSPS) is 13.3. The molecule has 2 nitrogen and oxygen atoms in total. The number of anilines is 3. The predicted molar refractivity (Wildman–Crippen MR) is 207 cm³/mol. The van der Waals surface area contributed by atoms with Crippen LogP contribution in [0.15, 0.2) is 158 Å². The molecule has 0 fully saturated rings. The van der Waals surface area contributed by atoms with Gasteiger partial charge < -0.3 is 4.90 Å². The minimum absolute atomic E-state index is 0.0993. The summed E-state index contributed by atoms with van der Waals surface area (Å²) in [5.74, 6) is 0. The third kappa shape index (κ3) is 4.22. The van der Waals surface area contributed by atoms with E-state index in [1.165, 1.54) is 65.7 Å². The van der Waals surface area contributed by atoms with E-state index in [1.807, 2.05) is 0 Å². The molecule has 49 heavy (non-hydrogen) atoms. The second-order valence-corrected chi connectivity index (χ2v) is 14.6. The molecule has 1 heterocycles. The molecular weight excluding hydrogens is 613 g/mol. The molecular formula is C46H32N2S. The van der Waals surface area contributed by atoms with Gasteiger partial charge in [-0.05, 0) is 63.7 Å². The fraction of sp³-hybridized carbons (Fsp3) is 0.0652. The van der Waals surface area contributed by atoms with Crippen molar-refractivity contribution in [3.05, 3.63) is 169 Å². The predicted octanol–water partition coefficient (Wildman–Crippen LogP) is 13.1. The van der Waals surface area contributed by atoms with Gasteiger partial charge in [0.25, 0.3) is 0 Å². The Morgan fingerprint density at radius 2 is 1.16 bits per heavy atom. The summed E-state index contributed by atoms with van der Waals surface area (Å²) in [5, 5.41) is 3.58. The van der Waals surface area contributed by atoms with E-state index in [4.69, 9.17) is 4.98 Å². The quantitative estimate of drug-likeness (QED) is 0.185. The summed E-state index contributed by atoms with van der Waals surface area (Å²) in [6, 6.07) is 57.5. The molecule has 10 rings (SSSR count). The number of thiazole rings is 1. The first kappa shape index (κ1) is 28.3. The van der Waals surface area contributed by atoms with Crippen molar-refractivity contribution in [1.82, 2.24) is 4.98 Å². The fourth-order valence-electron chi connectivity index (χ4n) is 8.08. The van der Waals surface area contributed by atoms with Gasteiger partial charge >= 0.3 is 0 Å². The van der Waals surface area contributed by atoms with Crippen LogP contribution in [0.1, 0.15) is 25.0 Å². The molecule has 0 aliphatic heterocycles. The first-order chi connectivity index (χ1) is 24.1. The number of nitrogens with zero attached hydrogens (tertiary/aromatic N) is 2. The Morgan fingerprint density at radius 3 is 2.00 bits per heavy atom. The van der Waals surface area contributed by atoms with Crippen LogP contribution in [0.4, 0.5) is 17.1 Å². The lowest BCUT2D eigenvalue weighted by molar-refractivity contribution is 0.660. The Labute approximate surface area is 290 Å². The number of fused-ring (bicyclic) bond motifs is 6. The van der Waals surface area contributed by atoms with Crippen molar-refractivity contribution in [3.8, 4) is 54.5 Å². The summed E-state index contributed by atoms with van der Waals surface area (Å²) >= 11 is 1.79. The molecule has 7 aromatic carbocycles. The van der Waals surface area contributed by atoms with Crippen LogP contribution in [-0.4, -0.2) is 4.98 Å². The monoisotopic (exact) mass is 644 g/mol. The van der Waals surface area contributed by atoms with E-state index < -0.39 is 0 Å². The van der Waals surface area contributed by atoms with Crippen molar-refractivity contribution in [1.29, 1.82) is 0 Å². The van der Waals surface area contributed by atoms with Crippen molar-refractivity contribution in [3.63, 3.8) is 0 Å². The lowest BCUT2D eigenvalue weighted by Gasteiger charge is -2.29. The minimum atomic E-state index is -0.0993. The standard InChI is InChI=1S/C46H32N2S/c1-46(2)39-22-10-9-19-34(39)35-24-23-33(28-40(35)46)48(32-18-11-17-31(27-32)29-13-5-3-6-14-29)41-26-25-38-42-36(41)20-12-21-37(42)43-44(38)49-45(47-43)30-15-7-4-8-16-30/h3-28H,1-2H3. The van der Waals surface area contributed by atoms with Crippen molar-refractivity contribution < 1.29 is 0 Å². The zero-order valence-corrected chi connectivity index (χ0v) is 28.1. The summed E-state index contributed by atoms with van der Waals surface area (Å²) in [5.41, 5.74) is 15.9. The Hall–Kier alpha value is -5.77. The van der Waals surface area contributed by atoms with Crippen LogP contribution in [0.3, 0.4) is 0 Å². The van der Waals surface area contributed by atoms with Crippen molar-refractivity contribution in [2.45, 2.75) is 19.3 Å². The summed E-state index contributed by atoms with van der Waals surface area (Å²) < 4.78 is 0. The van der Waals surface area contributed by atoms with Gasteiger partial charge in [-0.2, -0.15) is 0 Å². The number of hydrogen-bond donors (Lipinski definition) is 0. The van der Waals surface area contributed by atoms with Crippen LogP contribution in [0, 0.1) is 0 Å². The molecule has 0 spiro atoms. The van der Waals surface area contributed by atoms with Gasteiger partial charge in [-0.3, -0.25) is 0 Å². The lowest BCUT2D eigenvalue weighted by Crippen LogP contribution is -2.16. The maximum Gasteiger partial charge on any atom is 0.124 e. The molecule has 0 saturated carbocycles. The fourth-order valence-corrected chi connectivity index (χ4v) is 9.19. The van der Waals surface area contributed by atoms with Gasteiger partial charge in [0.15, 0.2) is 0 Å². The van der Waals surface area contributed by atoms with Crippen molar-refractivity contribution >= 4 is 39.2 Å². The van der Waals surface area contributed by atoms with Gasteiger partial charge in [-0.15, -0.1) is 11.3 Å². The van der Waals surface area contributed by atoms with E-state index in [-0.39, 0.29) is 5.41 Å². The Bertz CT molecular complexity index is 2550. The maximum atomic E-state index is 5.22. The van der Waals surface area contributed by atoms with E-state index in [0.717, 1.165) is 27.8 Å². The Balaban J connectivity index is 1.18. The molecule has 0 unspecified atom stereocenters. The van der Waals surface area contributed by atoms with Crippen LogP contribution >= 0.6 is 11.3 Å². The number of rotatable bonds is 5. The van der Waals surface area contributed by atoms with Crippen LogP contribution in [-0.2, 0) is 5.41 Å². The van der Waals surface area contributed by atoms with Gasteiger partial charge in [0, 0.05) is 44.3 Å². The summed E-state index contributed by atoms with van der Waals surface area (Å²) in [6.45, 7) is 4.71. The molecule has 8 aromatic rings. The molecule has 1 aromatic heterocycles. The average molecular weight is 645 g/mol. The number of aromatic nitrogens is 1. The smallest absolute Gasteiger partial charge is 0.124 e. The Morgan fingerprint density at radius 1 is 0.510 bits per heavy atom. The second kappa shape index (κ2) is 10.6. The maximum absolute atomic E-state index is 5.22. The van der Waals surface area contributed by atoms with Crippen LogP contribution in [0.5, 0.6) is 0 Å². The third-order valence-corrected chi connectivity index (χ3v) is 11.6. The number of hydrogen-bond acceptors (Lipinski definition) is 3. The highest BCUT2D eigenvalue weighted by Gasteiger charge is 2.36. The number of benzene rings is 7. The molecule has 0 bridgehead atoms. The van der Waals surface area contributed by atoms with Crippen LogP contribution in [0.25, 0.3) is 65.3 Å². The average Bonchev–Trinajstić information content (AvgIpc) is 3.79. The summed E-state index contributed by atoms with van der Waals surface area (Å²) in [6.07, 6.45) is 0. The molecule has 0 amide bonds. The van der Waals surface area contributed by atoms with Crippen molar-refractivity contribution in [2.75, 3.05) is 4.90 Å². The third-order valence-electron chi connectivity index (χ3n) is 10.4. The molecule has 0 radical (unpaired) electrons. The minimum Gasteiger partial charge on any atom is -0.310 e. The summed E-state index contributed by atoms with van der Waals surface area (Å²) in [7, 11) is 0. The van der Waals surface area contributed by atoms with Gasteiger partial charge in [0.05, 0.1) is 16.3 Å². The van der Waals surface area contributed by atoms with E-state index in [0.29, 0.717) is 0 Å². The van der Waals surface area contributed by atoms with E-state index in [1.54, 1.807) is 11.3 Å². The van der Waals surface area contributed by atoms with E-state index in [2.05, 4.69) is 176 Å². The molecule has 3 heteroatoms. The highest BCUT2D eigenvalue weighted by atomic mass is 32.1. The highest BCUT2D eigenvalue weighted by molar-refractivity contribution is 7.19. The first-order valence-electron chi connectivity index (χ1n) is 16.9. The van der Waals surface area contributed by atoms with Gasteiger partial charge in [-0.1, -0.05) is 141 Å². The zero-order chi connectivity index (χ0) is 32.7. The highest BCUT2D eigenvalue weighted by Crippen LogP contribution is 2.55. The lowest BCUT2D eigenvalue weighted by atomic mass is 9.82. The zero-order valence-electron chi connectivity index (χ0n) is 27.3. The van der Waals surface area contributed by atoms with Crippen LogP contribution in [0.2, 0.25) is 0 Å². The topological polar surface area (TPSA) is 16.1 Å². The molecule has 0 saturated heterocycles. The first-order valence-corrected chi connectivity index (χ1v) is 17.7. The van der Waals surface area contributed by atoms with Crippen LogP contribution < -0.4 is 4.90 Å². The van der Waals surface area contributed by atoms with Gasteiger partial charge in [0.2, 0.25) is 0 Å². The van der Waals surface area contributed by atoms with Crippen molar-refractivity contribution in [2.24, 2.45) is 0 Å². The second-order valence-electron chi connectivity index (χ2n) is 13.6. The van der Waals surface area contributed by atoms with Gasteiger partial charge in [0.1, 0.15) is 5.01 Å². The molecule has 2 aliphatic rings. The molecule has 232 valence electrons. The molecule has 2 aliphatic carbocycles. The SMILES string of the molecule is CC1(C)c2ccccc2-c2ccc(N(c3cccc(-c4ccccc4)c3)c3ccc4c5c(cccc35)-c3nc(-c5ccccc5)sc3-4)cc21. The van der Waals surface area contributed by atoms with E-state index in [9.17, 15) is 0 Å².